The van der Waals surface area contributed by atoms with Crippen molar-refractivity contribution in [3.05, 3.63) is 24.3 Å². The molecule has 0 amide bonds. The summed E-state index contributed by atoms with van der Waals surface area (Å²) < 4.78 is 31.0. The number of rotatable bonds is 6. The highest BCUT2D eigenvalue weighted by molar-refractivity contribution is 7.93. The first-order valence-corrected chi connectivity index (χ1v) is 6.95. The van der Waals surface area contributed by atoms with Crippen LogP contribution in [-0.2, 0) is 10.0 Å². The topological polar surface area (TPSA) is 81.4 Å². The van der Waals surface area contributed by atoms with E-state index in [2.05, 4.69) is 4.72 Å². The first-order valence-electron chi connectivity index (χ1n) is 5.40. The average molecular weight is 258 g/mol. The number of sulfonamides is 1. The highest BCUT2D eigenvalue weighted by Gasteiger charge is 2.15. The number of nitrogens with one attached hydrogen (secondary N) is 1. The zero-order chi connectivity index (χ0) is 12.9. The maximum atomic E-state index is 11.6. The SMILES string of the molecule is CC(C)S(=O)(=O)Nc1ccc(OCCN)cc1. The van der Waals surface area contributed by atoms with Crippen LogP contribution in [0.2, 0.25) is 0 Å². The molecule has 1 rings (SSSR count). The van der Waals surface area contributed by atoms with E-state index < -0.39 is 15.3 Å². The number of ether oxygens (including phenoxy) is 1. The lowest BCUT2D eigenvalue weighted by Crippen LogP contribution is -2.22. The Morgan fingerprint density at radius 2 is 1.88 bits per heavy atom. The van der Waals surface area contributed by atoms with E-state index in [1.54, 1.807) is 38.1 Å². The van der Waals surface area contributed by atoms with E-state index in [-0.39, 0.29) is 0 Å². The molecule has 3 N–H and O–H groups in total. The second kappa shape index (κ2) is 5.88. The van der Waals surface area contributed by atoms with Gasteiger partial charge in [0.25, 0.3) is 0 Å². The highest BCUT2D eigenvalue weighted by Crippen LogP contribution is 2.17. The molecular formula is C11H18N2O3S. The van der Waals surface area contributed by atoms with Crippen molar-refractivity contribution < 1.29 is 13.2 Å². The van der Waals surface area contributed by atoms with Crippen molar-refractivity contribution in [1.29, 1.82) is 0 Å². The Hall–Kier alpha value is -1.27. The molecule has 0 heterocycles. The molecule has 0 aliphatic carbocycles. The van der Waals surface area contributed by atoms with Crippen LogP contribution in [0, 0.1) is 0 Å². The summed E-state index contributed by atoms with van der Waals surface area (Å²) in [6.45, 7) is 4.14. The van der Waals surface area contributed by atoms with Crippen molar-refractivity contribution in [2.45, 2.75) is 19.1 Å². The molecular weight excluding hydrogens is 240 g/mol. The molecule has 0 saturated heterocycles. The Kier molecular flexibility index (Phi) is 4.77. The van der Waals surface area contributed by atoms with Gasteiger partial charge in [-0.25, -0.2) is 8.42 Å². The smallest absolute Gasteiger partial charge is 0.235 e. The van der Waals surface area contributed by atoms with Crippen molar-refractivity contribution >= 4 is 15.7 Å². The number of nitrogens with two attached hydrogens (primary N) is 1. The molecule has 96 valence electrons. The third-order valence-electron chi connectivity index (χ3n) is 2.12. The minimum Gasteiger partial charge on any atom is -0.492 e. The summed E-state index contributed by atoms with van der Waals surface area (Å²) in [5, 5.41) is -0.462. The molecule has 0 radical (unpaired) electrons. The monoisotopic (exact) mass is 258 g/mol. The van der Waals surface area contributed by atoms with Crippen LogP contribution in [-0.4, -0.2) is 26.8 Å². The van der Waals surface area contributed by atoms with E-state index in [9.17, 15) is 8.42 Å². The fourth-order valence-corrected chi connectivity index (χ4v) is 1.78. The molecule has 0 bridgehead atoms. The van der Waals surface area contributed by atoms with Gasteiger partial charge in [0.2, 0.25) is 10.0 Å². The Morgan fingerprint density at radius 1 is 1.29 bits per heavy atom. The molecule has 0 aliphatic rings. The quantitative estimate of drug-likeness (QED) is 0.802. The Balaban J connectivity index is 2.69. The van der Waals surface area contributed by atoms with Crippen molar-refractivity contribution in [3.63, 3.8) is 0 Å². The number of hydrogen-bond donors (Lipinski definition) is 2. The lowest BCUT2D eigenvalue weighted by molar-refractivity contribution is 0.328. The Bertz CT molecular complexity index is 440. The first-order chi connectivity index (χ1) is 7.95. The zero-order valence-corrected chi connectivity index (χ0v) is 10.8. The molecule has 0 aliphatic heterocycles. The summed E-state index contributed by atoms with van der Waals surface area (Å²) >= 11 is 0. The van der Waals surface area contributed by atoms with Crippen LogP contribution in [0.5, 0.6) is 5.75 Å². The van der Waals surface area contributed by atoms with Gasteiger partial charge in [-0.1, -0.05) is 0 Å². The van der Waals surface area contributed by atoms with Gasteiger partial charge in [0.1, 0.15) is 12.4 Å². The third-order valence-corrected chi connectivity index (χ3v) is 3.88. The average Bonchev–Trinajstić information content (AvgIpc) is 2.27. The van der Waals surface area contributed by atoms with E-state index in [1.165, 1.54) is 0 Å². The van der Waals surface area contributed by atoms with Gasteiger partial charge in [-0.3, -0.25) is 4.72 Å². The van der Waals surface area contributed by atoms with Crippen LogP contribution in [0.25, 0.3) is 0 Å². The predicted octanol–water partition coefficient (Wildman–Crippen LogP) is 1.17. The lowest BCUT2D eigenvalue weighted by atomic mass is 10.3. The van der Waals surface area contributed by atoms with Gasteiger partial charge in [0.15, 0.2) is 0 Å². The standard InChI is InChI=1S/C11H18N2O3S/c1-9(2)17(14,15)13-10-3-5-11(6-4-10)16-8-7-12/h3-6,9,13H,7-8,12H2,1-2H3. The number of benzene rings is 1. The minimum atomic E-state index is -3.29. The van der Waals surface area contributed by atoms with Crippen LogP contribution in [0.1, 0.15) is 13.8 Å². The maximum absolute atomic E-state index is 11.6. The van der Waals surface area contributed by atoms with Gasteiger partial charge in [0.05, 0.1) is 5.25 Å². The third kappa shape index (κ3) is 4.24. The van der Waals surface area contributed by atoms with Gasteiger partial charge in [-0.15, -0.1) is 0 Å². The van der Waals surface area contributed by atoms with E-state index in [0.29, 0.717) is 24.6 Å². The zero-order valence-electron chi connectivity index (χ0n) is 10.0. The van der Waals surface area contributed by atoms with Crippen LogP contribution >= 0.6 is 0 Å². The van der Waals surface area contributed by atoms with Gasteiger partial charge < -0.3 is 10.5 Å². The molecule has 0 saturated carbocycles. The summed E-state index contributed by atoms with van der Waals surface area (Å²) in [5.74, 6) is 0.669. The molecule has 1 aromatic rings. The number of anilines is 1. The molecule has 0 unspecified atom stereocenters. The summed E-state index contributed by atoms with van der Waals surface area (Å²) in [4.78, 5) is 0. The summed E-state index contributed by atoms with van der Waals surface area (Å²) in [5.41, 5.74) is 5.83. The molecule has 6 heteroatoms. The second-order valence-corrected chi connectivity index (χ2v) is 6.09. The van der Waals surface area contributed by atoms with Crippen molar-refractivity contribution in [2.75, 3.05) is 17.9 Å². The second-order valence-electron chi connectivity index (χ2n) is 3.86. The maximum Gasteiger partial charge on any atom is 0.235 e. The molecule has 5 nitrogen and oxygen atoms in total. The van der Waals surface area contributed by atoms with Crippen LogP contribution in [0.15, 0.2) is 24.3 Å². The Labute approximate surface area is 102 Å². The summed E-state index contributed by atoms with van der Waals surface area (Å²) in [7, 11) is -3.29. The van der Waals surface area contributed by atoms with Gasteiger partial charge in [-0.05, 0) is 38.1 Å². The Morgan fingerprint density at radius 3 is 2.35 bits per heavy atom. The molecule has 0 fully saturated rings. The fraction of sp³-hybridized carbons (Fsp3) is 0.455. The van der Waals surface area contributed by atoms with E-state index in [4.69, 9.17) is 10.5 Å². The molecule has 0 atom stereocenters. The lowest BCUT2D eigenvalue weighted by Gasteiger charge is -2.11. The first kappa shape index (κ1) is 13.8. The molecule has 17 heavy (non-hydrogen) atoms. The van der Waals surface area contributed by atoms with Gasteiger partial charge in [0, 0.05) is 12.2 Å². The van der Waals surface area contributed by atoms with Crippen LogP contribution in [0.3, 0.4) is 0 Å². The largest absolute Gasteiger partial charge is 0.492 e. The van der Waals surface area contributed by atoms with Gasteiger partial charge in [-0.2, -0.15) is 0 Å². The molecule has 0 aromatic heterocycles. The highest BCUT2D eigenvalue weighted by atomic mass is 32.2. The summed E-state index contributed by atoms with van der Waals surface area (Å²) in [6, 6.07) is 6.72. The normalized spacial score (nSPS) is 11.5. The van der Waals surface area contributed by atoms with Gasteiger partial charge >= 0.3 is 0 Å². The minimum absolute atomic E-state index is 0.442. The molecule has 1 aromatic carbocycles. The van der Waals surface area contributed by atoms with Crippen molar-refractivity contribution in [2.24, 2.45) is 5.73 Å². The molecule has 0 spiro atoms. The fourth-order valence-electron chi connectivity index (χ4n) is 1.08. The number of hydrogen-bond acceptors (Lipinski definition) is 4. The van der Waals surface area contributed by atoms with Crippen molar-refractivity contribution in [3.8, 4) is 5.75 Å². The summed E-state index contributed by atoms with van der Waals surface area (Å²) in [6.07, 6.45) is 0. The van der Waals surface area contributed by atoms with Crippen LogP contribution < -0.4 is 15.2 Å². The predicted molar refractivity (Wildman–Crippen MR) is 68.7 cm³/mol. The van der Waals surface area contributed by atoms with E-state index >= 15 is 0 Å². The van der Waals surface area contributed by atoms with E-state index in [0.717, 1.165) is 0 Å². The van der Waals surface area contributed by atoms with E-state index in [1.807, 2.05) is 0 Å². The van der Waals surface area contributed by atoms with Crippen molar-refractivity contribution in [1.82, 2.24) is 0 Å². The van der Waals surface area contributed by atoms with Crippen LogP contribution in [0.4, 0.5) is 5.69 Å².